The molecule has 2 rings (SSSR count). The summed E-state index contributed by atoms with van der Waals surface area (Å²) in [6, 6.07) is 0. The lowest BCUT2D eigenvalue weighted by atomic mass is 10.0. The van der Waals surface area contributed by atoms with Crippen LogP contribution in [0.15, 0.2) is 0 Å². The Kier molecular flexibility index (Phi) is 15.8. The lowest BCUT2D eigenvalue weighted by Crippen LogP contribution is -2.57. The summed E-state index contributed by atoms with van der Waals surface area (Å²) in [4.78, 5) is 49.6. The zero-order valence-corrected chi connectivity index (χ0v) is 24.7. The van der Waals surface area contributed by atoms with Gasteiger partial charge in [0.25, 0.3) is 0 Å². The number of unbranched alkanes of at least 4 members (excludes halogenated alkanes) is 1. The smallest absolute Gasteiger partial charge is 0.303 e. The molecule has 44 heavy (non-hydrogen) atoms. The van der Waals surface area contributed by atoms with Gasteiger partial charge in [0, 0.05) is 25.9 Å². The van der Waals surface area contributed by atoms with Gasteiger partial charge in [-0.05, 0) is 26.7 Å². The van der Waals surface area contributed by atoms with Crippen LogP contribution in [-0.2, 0) is 38.1 Å². The molecular formula is C26H45N3O15. The first-order valence-corrected chi connectivity index (χ1v) is 14.4. The van der Waals surface area contributed by atoms with Gasteiger partial charge in [0.05, 0.1) is 25.4 Å². The van der Waals surface area contributed by atoms with E-state index in [4.69, 9.17) is 24.1 Å². The highest BCUT2D eigenvalue weighted by molar-refractivity contribution is 5.89. The molecular weight excluding hydrogens is 594 g/mol. The Bertz CT molecular complexity index is 886. The molecule has 9 N–H and O–H groups in total. The second kappa shape index (κ2) is 18.4. The Morgan fingerprint density at radius 2 is 1.07 bits per heavy atom. The summed E-state index contributed by atoms with van der Waals surface area (Å²) in [7, 11) is 0. The molecule has 0 unspecified atom stereocenters. The van der Waals surface area contributed by atoms with E-state index in [1.807, 2.05) is 0 Å². The van der Waals surface area contributed by atoms with Gasteiger partial charge >= 0.3 is 5.97 Å². The van der Waals surface area contributed by atoms with Crippen LogP contribution >= 0.6 is 0 Å². The standard InChI is InChI=1S/C26H45N3O15/c1-13-19(35)21(37)23(39)25(43-13)41-9-7-27-15(30)11-29(17(32)5-3-4-6-18(33)34)12-16(31)28-8-10-42-26-24(40)22(38)20(36)14(2)44-26/h13-14,19-26,35-40H,3-12H2,1-2H3,(H,27,30)(H,28,31)(H,33,34)/t13-,14-,19+,20+,21+,22+,23-,24-,25+,26+/m0/s1. The monoisotopic (exact) mass is 639 g/mol. The maximum atomic E-state index is 12.8. The van der Waals surface area contributed by atoms with Crippen molar-refractivity contribution in [1.82, 2.24) is 15.5 Å². The van der Waals surface area contributed by atoms with Crippen molar-refractivity contribution >= 4 is 23.7 Å². The predicted molar refractivity (Wildman–Crippen MR) is 145 cm³/mol. The molecule has 2 saturated heterocycles. The van der Waals surface area contributed by atoms with E-state index in [1.54, 1.807) is 0 Å². The van der Waals surface area contributed by atoms with Gasteiger partial charge in [0.1, 0.15) is 49.7 Å². The van der Waals surface area contributed by atoms with Crippen LogP contribution in [0.2, 0.25) is 0 Å². The number of ether oxygens (including phenoxy) is 4. The van der Waals surface area contributed by atoms with Crippen molar-refractivity contribution in [3.63, 3.8) is 0 Å². The third-order valence-corrected chi connectivity index (χ3v) is 7.08. The Balaban J connectivity index is 1.81. The largest absolute Gasteiger partial charge is 0.481 e. The lowest BCUT2D eigenvalue weighted by Gasteiger charge is -2.38. The van der Waals surface area contributed by atoms with Crippen LogP contribution < -0.4 is 10.6 Å². The van der Waals surface area contributed by atoms with Crippen molar-refractivity contribution < 1.29 is 73.9 Å². The topological polar surface area (TPSA) is 274 Å². The van der Waals surface area contributed by atoms with E-state index < -0.39 is 98.2 Å². The van der Waals surface area contributed by atoms with Gasteiger partial charge in [-0.2, -0.15) is 0 Å². The number of aliphatic hydroxyl groups is 6. The van der Waals surface area contributed by atoms with E-state index in [0.29, 0.717) is 0 Å². The number of carboxylic acids is 1. The van der Waals surface area contributed by atoms with Crippen molar-refractivity contribution in [3.05, 3.63) is 0 Å². The Morgan fingerprint density at radius 1 is 0.659 bits per heavy atom. The molecule has 0 spiro atoms. The number of hydrogen-bond acceptors (Lipinski definition) is 14. The van der Waals surface area contributed by atoms with E-state index in [9.17, 15) is 49.8 Å². The molecule has 3 amide bonds. The van der Waals surface area contributed by atoms with Crippen LogP contribution in [0.4, 0.5) is 0 Å². The van der Waals surface area contributed by atoms with Crippen LogP contribution in [0, 0.1) is 0 Å². The maximum Gasteiger partial charge on any atom is 0.303 e. The molecule has 254 valence electrons. The first-order chi connectivity index (χ1) is 20.7. The van der Waals surface area contributed by atoms with E-state index in [2.05, 4.69) is 10.6 Å². The number of aliphatic carboxylic acids is 1. The molecule has 2 aliphatic heterocycles. The third kappa shape index (κ3) is 11.8. The lowest BCUT2D eigenvalue weighted by molar-refractivity contribution is -0.292. The minimum Gasteiger partial charge on any atom is -0.481 e. The van der Waals surface area contributed by atoms with Crippen LogP contribution in [0.5, 0.6) is 0 Å². The van der Waals surface area contributed by atoms with Crippen molar-refractivity contribution in [2.24, 2.45) is 0 Å². The van der Waals surface area contributed by atoms with E-state index >= 15 is 0 Å². The van der Waals surface area contributed by atoms with E-state index in [1.165, 1.54) is 13.8 Å². The highest BCUT2D eigenvalue weighted by Crippen LogP contribution is 2.22. The normalized spacial score (nSPS) is 32.1. The van der Waals surface area contributed by atoms with Gasteiger partial charge in [0.15, 0.2) is 12.6 Å². The highest BCUT2D eigenvalue weighted by Gasteiger charge is 2.43. The summed E-state index contributed by atoms with van der Waals surface area (Å²) in [5.74, 6) is -2.87. The number of carbonyl (C=O) groups is 4. The zero-order chi connectivity index (χ0) is 33.0. The van der Waals surface area contributed by atoms with Gasteiger partial charge in [-0.15, -0.1) is 0 Å². The van der Waals surface area contributed by atoms with Gasteiger partial charge in [0.2, 0.25) is 17.7 Å². The second-order valence-electron chi connectivity index (χ2n) is 10.7. The summed E-state index contributed by atoms with van der Waals surface area (Å²) in [6.07, 6.45) is -12.5. The molecule has 10 atom stereocenters. The molecule has 18 heteroatoms. The molecule has 0 aromatic carbocycles. The fourth-order valence-electron chi connectivity index (χ4n) is 4.43. The summed E-state index contributed by atoms with van der Waals surface area (Å²) in [5, 5.41) is 73.0. The van der Waals surface area contributed by atoms with Crippen molar-refractivity contribution in [2.45, 2.75) is 101 Å². The number of hydrogen-bond donors (Lipinski definition) is 9. The van der Waals surface area contributed by atoms with Crippen molar-refractivity contribution in [2.75, 3.05) is 39.4 Å². The molecule has 0 aromatic heterocycles. The number of nitrogens with zero attached hydrogens (tertiary/aromatic N) is 1. The summed E-state index contributed by atoms with van der Waals surface area (Å²) in [6.45, 7) is 1.49. The van der Waals surface area contributed by atoms with Gasteiger partial charge in [-0.3, -0.25) is 19.2 Å². The number of rotatable bonds is 17. The first-order valence-electron chi connectivity index (χ1n) is 14.4. The van der Waals surface area contributed by atoms with Gasteiger partial charge in [-0.25, -0.2) is 0 Å². The summed E-state index contributed by atoms with van der Waals surface area (Å²) in [5.41, 5.74) is 0. The van der Waals surface area contributed by atoms with Gasteiger partial charge in [-0.1, -0.05) is 0 Å². The quantitative estimate of drug-likeness (QED) is 0.0677. The van der Waals surface area contributed by atoms with Crippen LogP contribution in [0.3, 0.4) is 0 Å². The fraction of sp³-hybridized carbons (Fsp3) is 0.846. The second-order valence-corrected chi connectivity index (χ2v) is 10.7. The SMILES string of the molecule is C[C@@H]1O[C@@H](OCCNC(=O)CN(CC(=O)NCCO[C@@H]2O[C@@H](C)[C@@H](O)[C@@H](O)[C@@H]2O)C(=O)CCCCC(=O)O)[C@@H](O)[C@H](O)[C@@H]1O. The maximum absolute atomic E-state index is 12.8. The van der Waals surface area contributed by atoms with Crippen molar-refractivity contribution in [1.29, 1.82) is 0 Å². The number of carbonyl (C=O) groups excluding carboxylic acids is 3. The molecule has 0 saturated carbocycles. The molecule has 0 radical (unpaired) electrons. The van der Waals surface area contributed by atoms with Gasteiger partial charge < -0.3 is 70.2 Å². The van der Waals surface area contributed by atoms with Crippen LogP contribution in [0.25, 0.3) is 0 Å². The zero-order valence-electron chi connectivity index (χ0n) is 24.7. The molecule has 2 aliphatic rings. The Hall–Kier alpha value is -2.52. The van der Waals surface area contributed by atoms with Crippen molar-refractivity contribution in [3.8, 4) is 0 Å². The molecule has 18 nitrogen and oxygen atoms in total. The van der Waals surface area contributed by atoms with Crippen LogP contribution in [-0.4, -0.2) is 165 Å². The van der Waals surface area contributed by atoms with Crippen LogP contribution in [0.1, 0.15) is 39.5 Å². The molecule has 2 fully saturated rings. The molecule has 0 aromatic rings. The Morgan fingerprint density at radius 3 is 1.48 bits per heavy atom. The van der Waals surface area contributed by atoms with E-state index in [-0.39, 0.29) is 52.0 Å². The number of amides is 3. The predicted octanol–water partition coefficient (Wildman–Crippen LogP) is -4.62. The number of carboxylic acid groups (broad SMARTS) is 1. The van der Waals surface area contributed by atoms with E-state index in [0.717, 1.165) is 4.90 Å². The highest BCUT2D eigenvalue weighted by atomic mass is 16.7. The molecule has 0 bridgehead atoms. The minimum atomic E-state index is -1.52. The first kappa shape index (κ1) is 37.7. The Labute approximate surface area is 253 Å². The minimum absolute atomic E-state index is 0.0813. The average Bonchev–Trinajstić information content (AvgIpc) is 2.97. The summed E-state index contributed by atoms with van der Waals surface area (Å²) >= 11 is 0. The average molecular weight is 640 g/mol. The third-order valence-electron chi connectivity index (χ3n) is 7.08. The number of nitrogens with one attached hydrogen (secondary N) is 2. The molecule has 0 aliphatic carbocycles. The molecule has 2 heterocycles. The number of aliphatic hydroxyl groups excluding tert-OH is 6. The summed E-state index contributed by atoms with van der Waals surface area (Å²) < 4.78 is 21.3. The fourth-order valence-corrected chi connectivity index (χ4v) is 4.43.